The van der Waals surface area contributed by atoms with E-state index in [-0.39, 0.29) is 6.29 Å². The van der Waals surface area contributed by atoms with Gasteiger partial charge in [0, 0.05) is 28.2 Å². The molecule has 1 aliphatic rings. The zero-order valence-corrected chi connectivity index (χ0v) is 17.3. The maximum atomic E-state index is 8.90. The van der Waals surface area contributed by atoms with Crippen molar-refractivity contribution in [1.82, 2.24) is 4.90 Å². The molecule has 1 aromatic heterocycles. The predicted molar refractivity (Wildman–Crippen MR) is 112 cm³/mol. The molecule has 2 aromatic rings. The quantitative estimate of drug-likeness (QED) is 0.791. The van der Waals surface area contributed by atoms with E-state index in [1.165, 1.54) is 27.3 Å². The summed E-state index contributed by atoms with van der Waals surface area (Å²) in [5.41, 5.74) is 13.9. The minimum absolute atomic E-state index is 0.222. The number of nitrogens with zero attached hydrogens (tertiary/aromatic N) is 2. The van der Waals surface area contributed by atoms with E-state index in [9.17, 15) is 0 Å². The van der Waals surface area contributed by atoms with E-state index in [0.717, 1.165) is 22.7 Å². The van der Waals surface area contributed by atoms with Gasteiger partial charge in [-0.15, -0.1) is 11.3 Å². The van der Waals surface area contributed by atoms with E-state index < -0.39 is 0 Å². The highest BCUT2D eigenvalue weighted by atomic mass is 32.1. The Hall–Kier alpha value is -1.95. The van der Waals surface area contributed by atoms with Crippen molar-refractivity contribution in [2.45, 2.75) is 40.9 Å². The monoisotopic (exact) mass is 368 g/mol. The van der Waals surface area contributed by atoms with Crippen LogP contribution in [0.5, 0.6) is 0 Å². The molecule has 4 nitrogen and oxygen atoms in total. The molecule has 1 unspecified atom stereocenters. The molecule has 1 atom stereocenters. The number of benzene rings is 1. The molecule has 0 fully saturated rings. The van der Waals surface area contributed by atoms with Crippen molar-refractivity contribution in [3.05, 3.63) is 62.7 Å². The van der Waals surface area contributed by atoms with Gasteiger partial charge < -0.3 is 4.90 Å². The minimum Gasteiger partial charge on any atom is -0.308 e. The summed E-state index contributed by atoms with van der Waals surface area (Å²) in [4.78, 5) is 5.57. The second kappa shape index (κ2) is 6.99. The molecule has 0 amide bonds. The molecule has 0 bridgehead atoms. The molecule has 0 spiro atoms. The van der Waals surface area contributed by atoms with Gasteiger partial charge in [0.1, 0.15) is 11.3 Å². The van der Waals surface area contributed by atoms with Gasteiger partial charge in [0.2, 0.25) is 0 Å². The fraction of sp³-hybridized carbons (Fsp3) is 0.381. The lowest BCUT2D eigenvalue weighted by molar-refractivity contribution is 0.251. The first-order valence-electron chi connectivity index (χ1n) is 8.89. The van der Waals surface area contributed by atoms with Crippen LogP contribution < -0.4 is 10.6 Å². The zero-order chi connectivity index (χ0) is 19.2. The average molecular weight is 369 g/mol. The van der Waals surface area contributed by atoms with E-state index in [2.05, 4.69) is 56.6 Å². The number of nitrogens with two attached hydrogens (primary N) is 1. The van der Waals surface area contributed by atoms with Gasteiger partial charge in [-0.1, -0.05) is 29.8 Å². The standard InChI is InChI=1S/C21H28N4S/c1-12-7-9-17(10-8-12)19(22)18-14(3)16(5)26-20(18)25-15(4)13(2)11-24(6)21(25)23/h7-10,21-22H,11,23H2,1-6H3. The number of nitrogens with one attached hydrogen (secondary N) is 1. The third-order valence-electron chi connectivity index (χ3n) is 5.36. The van der Waals surface area contributed by atoms with Crippen molar-refractivity contribution in [3.63, 3.8) is 0 Å². The lowest BCUT2D eigenvalue weighted by Crippen LogP contribution is -2.56. The van der Waals surface area contributed by atoms with Crippen LogP contribution in [0.1, 0.15) is 41.0 Å². The zero-order valence-electron chi connectivity index (χ0n) is 16.5. The average Bonchev–Trinajstić information content (AvgIpc) is 2.88. The summed E-state index contributed by atoms with van der Waals surface area (Å²) in [5, 5.41) is 9.97. The number of anilines is 1. The van der Waals surface area contributed by atoms with Crippen molar-refractivity contribution < 1.29 is 0 Å². The Labute approximate surface area is 160 Å². The van der Waals surface area contributed by atoms with Crippen LogP contribution in [0.2, 0.25) is 0 Å². The highest BCUT2D eigenvalue weighted by Crippen LogP contribution is 2.40. The smallest absolute Gasteiger partial charge is 0.139 e. The Morgan fingerprint density at radius 1 is 1.12 bits per heavy atom. The van der Waals surface area contributed by atoms with Crippen molar-refractivity contribution in [1.29, 1.82) is 5.41 Å². The molecule has 0 saturated carbocycles. The van der Waals surface area contributed by atoms with Crippen LogP contribution in [0.25, 0.3) is 0 Å². The normalized spacial score (nSPS) is 18.6. The maximum Gasteiger partial charge on any atom is 0.139 e. The van der Waals surface area contributed by atoms with Crippen LogP contribution >= 0.6 is 11.3 Å². The van der Waals surface area contributed by atoms with Gasteiger partial charge in [-0.3, -0.25) is 16.0 Å². The summed E-state index contributed by atoms with van der Waals surface area (Å²) in [7, 11) is 2.05. The lowest BCUT2D eigenvalue weighted by atomic mass is 9.98. The Kier molecular flexibility index (Phi) is 5.06. The maximum absolute atomic E-state index is 8.90. The number of hydrogen-bond acceptors (Lipinski definition) is 5. The van der Waals surface area contributed by atoms with Gasteiger partial charge in [0.25, 0.3) is 0 Å². The van der Waals surface area contributed by atoms with Crippen molar-refractivity contribution >= 4 is 22.0 Å². The first-order chi connectivity index (χ1) is 12.2. The molecular weight excluding hydrogens is 340 g/mol. The largest absolute Gasteiger partial charge is 0.308 e. The molecule has 1 aromatic carbocycles. The second-order valence-corrected chi connectivity index (χ2v) is 8.47. The topological polar surface area (TPSA) is 56.4 Å². The van der Waals surface area contributed by atoms with Gasteiger partial charge in [0.05, 0.1) is 5.71 Å². The number of hydrogen-bond donors (Lipinski definition) is 2. The SMILES string of the molecule is CC1=C(C)N(c2sc(C)c(C)c2C(=N)c2ccc(C)cc2)C(N)N(C)C1. The second-order valence-electron chi connectivity index (χ2n) is 7.27. The molecule has 138 valence electrons. The van der Waals surface area contributed by atoms with Crippen molar-refractivity contribution in [3.8, 4) is 0 Å². The number of aryl methyl sites for hydroxylation is 2. The van der Waals surface area contributed by atoms with Crippen LogP contribution in [0.15, 0.2) is 35.5 Å². The van der Waals surface area contributed by atoms with E-state index >= 15 is 0 Å². The summed E-state index contributed by atoms with van der Waals surface area (Å²) in [6, 6.07) is 8.19. The van der Waals surface area contributed by atoms with Crippen LogP contribution in [0.4, 0.5) is 5.00 Å². The third kappa shape index (κ3) is 3.11. The fourth-order valence-corrected chi connectivity index (χ4v) is 4.64. The van der Waals surface area contributed by atoms with Crippen LogP contribution in [0.3, 0.4) is 0 Å². The van der Waals surface area contributed by atoms with Gasteiger partial charge in [0.15, 0.2) is 0 Å². The Morgan fingerprint density at radius 3 is 2.35 bits per heavy atom. The molecule has 0 saturated heterocycles. The lowest BCUT2D eigenvalue weighted by Gasteiger charge is -2.42. The van der Waals surface area contributed by atoms with Crippen LogP contribution in [-0.2, 0) is 0 Å². The number of allylic oxidation sites excluding steroid dienone is 1. The molecule has 3 N–H and O–H groups in total. The summed E-state index contributed by atoms with van der Waals surface area (Å²) in [6.45, 7) is 11.5. The molecule has 26 heavy (non-hydrogen) atoms. The molecule has 2 heterocycles. The van der Waals surface area contributed by atoms with Gasteiger partial charge >= 0.3 is 0 Å². The minimum atomic E-state index is -0.222. The van der Waals surface area contributed by atoms with Crippen molar-refractivity contribution in [2.75, 3.05) is 18.5 Å². The van der Waals surface area contributed by atoms with E-state index in [0.29, 0.717) is 5.71 Å². The molecular formula is C21H28N4S. The highest BCUT2D eigenvalue weighted by molar-refractivity contribution is 7.16. The van der Waals surface area contributed by atoms with E-state index in [1.807, 2.05) is 19.2 Å². The molecule has 1 aliphatic heterocycles. The third-order valence-corrected chi connectivity index (χ3v) is 6.56. The fourth-order valence-electron chi connectivity index (χ4n) is 3.39. The first kappa shape index (κ1) is 18.8. The molecule has 5 heteroatoms. The summed E-state index contributed by atoms with van der Waals surface area (Å²) in [6.07, 6.45) is -0.222. The van der Waals surface area contributed by atoms with Crippen LogP contribution in [-0.4, -0.2) is 30.5 Å². The van der Waals surface area contributed by atoms with Gasteiger partial charge in [-0.25, -0.2) is 0 Å². The summed E-state index contributed by atoms with van der Waals surface area (Å²) < 4.78 is 0. The molecule has 3 rings (SSSR count). The first-order valence-corrected chi connectivity index (χ1v) is 9.71. The number of likely N-dealkylation sites (N-methyl/N-ethyl adjacent to an activating group) is 1. The van der Waals surface area contributed by atoms with Gasteiger partial charge in [-0.2, -0.15) is 0 Å². The predicted octanol–water partition coefficient (Wildman–Crippen LogP) is 4.38. The van der Waals surface area contributed by atoms with E-state index in [1.54, 1.807) is 11.3 Å². The van der Waals surface area contributed by atoms with E-state index in [4.69, 9.17) is 11.1 Å². The molecule has 0 aliphatic carbocycles. The summed E-state index contributed by atoms with van der Waals surface area (Å²) in [5.74, 6) is 0. The Bertz CT molecular complexity index is 876. The van der Waals surface area contributed by atoms with Crippen molar-refractivity contribution in [2.24, 2.45) is 5.73 Å². The highest BCUT2D eigenvalue weighted by Gasteiger charge is 2.32. The van der Waals surface area contributed by atoms with Gasteiger partial charge in [-0.05, 0) is 52.8 Å². The Morgan fingerprint density at radius 2 is 1.73 bits per heavy atom. The molecule has 0 radical (unpaired) electrons. The Balaban J connectivity index is 2.15. The number of rotatable bonds is 3. The van der Waals surface area contributed by atoms with Crippen LogP contribution in [0, 0.1) is 26.2 Å². The summed E-state index contributed by atoms with van der Waals surface area (Å²) >= 11 is 1.73. The number of thiophene rings is 1.